The van der Waals surface area contributed by atoms with E-state index in [-0.39, 0.29) is 57.0 Å². The van der Waals surface area contributed by atoms with Crippen LogP contribution in [0.15, 0.2) is 36.4 Å². The van der Waals surface area contributed by atoms with Crippen molar-refractivity contribution >= 4 is 36.2 Å². The normalized spacial score (nSPS) is 14.2. The zero-order valence-electron chi connectivity index (χ0n) is 56.6. The van der Waals surface area contributed by atoms with Gasteiger partial charge in [-0.15, -0.1) is 0 Å². The minimum atomic E-state index is -0.802. The summed E-state index contributed by atoms with van der Waals surface area (Å²) in [4.78, 5) is 88.6. The molecule has 3 amide bonds. The Morgan fingerprint density at radius 3 is 0.619 bits per heavy atom. The minimum absolute atomic E-state index is 0.0310. The molecule has 0 N–H and O–H groups in total. The molecule has 0 atom stereocenters. The molecule has 1 aliphatic heterocycles. The molecule has 0 spiro atoms. The van der Waals surface area contributed by atoms with Gasteiger partial charge in [0.25, 0.3) is 0 Å². The molecule has 15 heteroatoms. The SMILES string of the molecule is CC(C)(C)OC(=O)Oc1c(C(C)(C)C)cc(CCC(=O)N2CN(C(=O)CCc3cc(C(C)(C)C)c(OC(=O)OC(C)(C)C)c(C(C)(C)C)c3)CN(C(=O)CCc3cc(C(C)(C)C)c(OC(=O)OC(C)(C)C)c(C(C)(C)C)c3)C2)cc1C(C)(C)C. The molecule has 4 rings (SSSR count). The van der Waals surface area contributed by atoms with Crippen molar-refractivity contribution in [1.29, 1.82) is 0 Å². The third-order valence-corrected chi connectivity index (χ3v) is 14.0. The predicted octanol–water partition coefficient (Wildman–Crippen LogP) is 16.0. The summed E-state index contributed by atoms with van der Waals surface area (Å²) in [6, 6.07) is 11.9. The lowest BCUT2D eigenvalue weighted by Gasteiger charge is -2.42. The second-order valence-corrected chi connectivity index (χ2v) is 32.0. The Hall–Kier alpha value is -6.12. The van der Waals surface area contributed by atoms with Gasteiger partial charge in [0.05, 0.1) is 20.0 Å². The maximum absolute atomic E-state index is 14.7. The second kappa shape index (κ2) is 25.5. The van der Waals surface area contributed by atoms with Crippen molar-refractivity contribution in [2.75, 3.05) is 20.0 Å². The number of hydrogen-bond acceptors (Lipinski definition) is 12. The molecule has 1 fully saturated rings. The van der Waals surface area contributed by atoms with Crippen LogP contribution in [0.5, 0.6) is 17.2 Å². The zero-order chi connectivity index (χ0) is 64.5. The Kier molecular flexibility index (Phi) is 21.3. The van der Waals surface area contributed by atoms with Crippen LogP contribution in [0.3, 0.4) is 0 Å². The summed E-state index contributed by atoms with van der Waals surface area (Å²) in [5, 5.41) is 0. The summed E-state index contributed by atoms with van der Waals surface area (Å²) in [5.74, 6) is 0.560. The number of amides is 3. The fraction of sp³-hybridized carbons (Fsp3) is 0.652. The molecule has 3 aromatic carbocycles. The van der Waals surface area contributed by atoms with Crippen LogP contribution in [0, 0.1) is 0 Å². The Morgan fingerprint density at radius 2 is 0.476 bits per heavy atom. The number of nitrogens with zero attached hydrogens (tertiary/aromatic N) is 3. The standard InChI is InChI=1S/C69H105N3O12/c1-61(2,3)46-34-43(35-47(62(4,5)6)55(46)79-58(76)82-67(19,20)21)28-31-52(73)70-40-71(53(74)32-29-44-36-48(63(7,8)9)56(49(37-44)64(10,11)12)80-59(77)83-68(22,23)24)42-72(41-70)54(75)33-30-45-38-50(65(13,14)15)57(51(39-45)66(16,17)18)81-60(78)84-69(25,26)27/h34-39H,28-33,40-42H2,1-27H3. The van der Waals surface area contributed by atoms with Crippen molar-refractivity contribution in [1.82, 2.24) is 14.7 Å². The monoisotopic (exact) mass is 1170 g/mol. The van der Waals surface area contributed by atoms with Gasteiger partial charge in [0, 0.05) is 52.6 Å². The van der Waals surface area contributed by atoms with Crippen molar-refractivity contribution in [3.63, 3.8) is 0 Å². The van der Waals surface area contributed by atoms with E-state index in [1.807, 2.05) is 161 Å². The van der Waals surface area contributed by atoms with Gasteiger partial charge in [-0.05, 0) is 131 Å². The average Bonchev–Trinajstić information content (AvgIpc) is 3.28. The zero-order valence-corrected chi connectivity index (χ0v) is 56.6. The van der Waals surface area contributed by atoms with Crippen molar-refractivity contribution in [3.05, 3.63) is 86.5 Å². The van der Waals surface area contributed by atoms with Crippen LogP contribution in [0.4, 0.5) is 14.4 Å². The maximum atomic E-state index is 14.7. The molecule has 0 aliphatic carbocycles. The number of hydrogen-bond donors (Lipinski definition) is 0. The summed E-state index contributed by atoms with van der Waals surface area (Å²) >= 11 is 0. The van der Waals surface area contributed by atoms with Crippen LogP contribution in [0.25, 0.3) is 0 Å². The van der Waals surface area contributed by atoms with Gasteiger partial charge in [-0.2, -0.15) is 0 Å². The highest BCUT2D eigenvalue weighted by Gasteiger charge is 2.37. The molecular formula is C69H105N3O12. The second-order valence-electron chi connectivity index (χ2n) is 32.0. The van der Waals surface area contributed by atoms with Gasteiger partial charge in [-0.3, -0.25) is 14.4 Å². The first-order valence-corrected chi connectivity index (χ1v) is 29.8. The lowest BCUT2D eigenvalue weighted by molar-refractivity contribution is -0.158. The molecule has 0 aromatic heterocycles. The number of carbonyl (C=O) groups is 6. The molecule has 0 radical (unpaired) electrons. The first-order chi connectivity index (χ1) is 37.7. The van der Waals surface area contributed by atoms with Crippen LogP contribution in [0.1, 0.15) is 256 Å². The van der Waals surface area contributed by atoms with Crippen molar-refractivity contribution < 1.29 is 57.2 Å². The van der Waals surface area contributed by atoms with E-state index in [4.69, 9.17) is 28.4 Å². The molecule has 15 nitrogen and oxygen atoms in total. The Labute approximate surface area is 504 Å². The highest BCUT2D eigenvalue weighted by Crippen LogP contribution is 2.45. The van der Waals surface area contributed by atoms with Crippen LogP contribution < -0.4 is 14.2 Å². The van der Waals surface area contributed by atoms with Gasteiger partial charge in [-0.1, -0.05) is 161 Å². The first kappa shape index (κ1) is 70.4. The summed E-state index contributed by atoms with van der Waals surface area (Å²) in [5.41, 5.74) is 2.22. The number of ether oxygens (including phenoxy) is 6. The van der Waals surface area contributed by atoms with E-state index >= 15 is 0 Å². The highest BCUT2D eigenvalue weighted by atomic mass is 16.7. The largest absolute Gasteiger partial charge is 0.514 e. The first-order valence-electron chi connectivity index (χ1n) is 29.8. The van der Waals surface area contributed by atoms with Crippen molar-refractivity contribution in [2.45, 2.75) is 275 Å². The molecule has 0 bridgehead atoms. The van der Waals surface area contributed by atoms with E-state index in [1.165, 1.54) is 0 Å². The van der Waals surface area contributed by atoms with E-state index in [9.17, 15) is 28.8 Å². The van der Waals surface area contributed by atoms with Crippen molar-refractivity contribution in [3.8, 4) is 17.2 Å². The van der Waals surface area contributed by atoms with Gasteiger partial charge in [0.2, 0.25) is 17.7 Å². The molecule has 0 saturated carbocycles. The summed E-state index contributed by atoms with van der Waals surface area (Å²) in [6.45, 7) is 52.8. The van der Waals surface area contributed by atoms with E-state index < -0.39 is 67.8 Å². The van der Waals surface area contributed by atoms with Crippen LogP contribution in [-0.4, -0.2) is 87.7 Å². The lowest BCUT2D eigenvalue weighted by atomic mass is 9.78. The summed E-state index contributed by atoms with van der Waals surface area (Å²) in [6.07, 6.45) is -1.22. The molecular weight excluding hydrogens is 1060 g/mol. The molecule has 1 heterocycles. The molecule has 468 valence electrons. The minimum Gasteiger partial charge on any atom is -0.428 e. The lowest BCUT2D eigenvalue weighted by Crippen LogP contribution is -2.59. The van der Waals surface area contributed by atoms with Gasteiger partial charge >= 0.3 is 18.5 Å². The van der Waals surface area contributed by atoms with Gasteiger partial charge in [-0.25, -0.2) is 14.4 Å². The molecule has 84 heavy (non-hydrogen) atoms. The highest BCUT2D eigenvalue weighted by molar-refractivity contribution is 5.82. The third kappa shape index (κ3) is 20.6. The van der Waals surface area contributed by atoms with Crippen LogP contribution >= 0.6 is 0 Å². The van der Waals surface area contributed by atoms with E-state index in [2.05, 4.69) is 0 Å². The molecule has 0 unspecified atom stereocenters. The Bertz CT molecular complexity index is 2480. The average molecular weight is 1170 g/mol. The maximum Gasteiger partial charge on any atom is 0.514 e. The van der Waals surface area contributed by atoms with Crippen molar-refractivity contribution in [2.24, 2.45) is 0 Å². The predicted molar refractivity (Wildman–Crippen MR) is 332 cm³/mol. The Morgan fingerprint density at radius 1 is 0.310 bits per heavy atom. The molecule has 1 saturated heterocycles. The van der Waals surface area contributed by atoms with Crippen LogP contribution in [0.2, 0.25) is 0 Å². The number of carbonyl (C=O) groups excluding carboxylic acids is 6. The summed E-state index contributed by atoms with van der Waals surface area (Å²) < 4.78 is 34.9. The van der Waals surface area contributed by atoms with E-state index in [0.29, 0.717) is 36.5 Å². The van der Waals surface area contributed by atoms with Gasteiger partial charge in [0.15, 0.2) is 0 Å². The number of benzene rings is 3. The smallest absolute Gasteiger partial charge is 0.428 e. The number of aryl methyl sites for hydroxylation is 3. The number of rotatable bonds is 12. The quantitative estimate of drug-likeness (QED) is 0.0958. The van der Waals surface area contributed by atoms with E-state index in [0.717, 1.165) is 50.1 Å². The van der Waals surface area contributed by atoms with Gasteiger partial charge < -0.3 is 43.1 Å². The Balaban J connectivity index is 1.77. The third-order valence-electron chi connectivity index (χ3n) is 14.0. The van der Waals surface area contributed by atoms with Crippen LogP contribution in [-0.2, 0) is 80.3 Å². The molecule has 3 aromatic rings. The molecule has 1 aliphatic rings. The fourth-order valence-corrected chi connectivity index (χ4v) is 9.69. The summed E-state index contributed by atoms with van der Waals surface area (Å²) in [7, 11) is 0. The van der Waals surface area contributed by atoms with E-state index in [1.54, 1.807) is 77.0 Å². The van der Waals surface area contributed by atoms with Gasteiger partial charge in [0.1, 0.15) is 34.1 Å². The topological polar surface area (TPSA) is 168 Å². The fourth-order valence-electron chi connectivity index (χ4n) is 9.69.